The van der Waals surface area contributed by atoms with Crippen LogP contribution in [0.5, 0.6) is 0 Å². The van der Waals surface area contributed by atoms with Gasteiger partial charge in [-0.15, -0.1) is 11.3 Å². The summed E-state index contributed by atoms with van der Waals surface area (Å²) >= 11 is 1.07. The van der Waals surface area contributed by atoms with Crippen LogP contribution >= 0.6 is 11.3 Å². The number of sulfonamides is 1. The zero-order valence-electron chi connectivity index (χ0n) is 12.7. The van der Waals surface area contributed by atoms with Crippen LogP contribution in [0.25, 0.3) is 0 Å². The molecule has 0 aromatic carbocycles. The van der Waals surface area contributed by atoms with Crippen molar-refractivity contribution >= 4 is 44.1 Å². The van der Waals surface area contributed by atoms with Crippen molar-refractivity contribution in [2.24, 2.45) is 10.9 Å². The summed E-state index contributed by atoms with van der Waals surface area (Å²) in [5.41, 5.74) is 5.29. The number of furan rings is 1. The van der Waals surface area contributed by atoms with E-state index in [2.05, 4.69) is 5.32 Å². The molecule has 2 aromatic rings. The number of carbonyl (C=O) groups is 3. The van der Waals surface area contributed by atoms with Gasteiger partial charge in [-0.2, -0.15) is 0 Å². The Morgan fingerprint density at radius 2 is 1.96 bits per heavy atom. The first-order valence-electron chi connectivity index (χ1n) is 6.61. The van der Waals surface area contributed by atoms with Gasteiger partial charge in [0.05, 0.1) is 5.56 Å². The van der Waals surface area contributed by atoms with Crippen LogP contribution in [-0.2, 0) is 19.6 Å². The molecule has 25 heavy (non-hydrogen) atoms. The average Bonchev–Trinajstić information content (AvgIpc) is 3.15. The van der Waals surface area contributed by atoms with Crippen molar-refractivity contribution in [3.8, 4) is 0 Å². The third kappa shape index (κ3) is 4.43. The smallest absolute Gasteiger partial charge is 0.375 e. The molecule has 0 aliphatic rings. The number of thiophene rings is 1. The highest BCUT2D eigenvalue weighted by Crippen LogP contribution is 2.23. The Bertz CT molecular complexity index is 929. The number of hydrogen-bond acceptors (Lipinski definition) is 8. The van der Waals surface area contributed by atoms with Crippen molar-refractivity contribution in [3.63, 3.8) is 0 Å². The summed E-state index contributed by atoms with van der Waals surface area (Å²) in [5.74, 6) is -2.92. The minimum absolute atomic E-state index is 0.126. The number of esters is 1. The van der Waals surface area contributed by atoms with E-state index in [0.29, 0.717) is 0 Å². The molecule has 0 saturated carbocycles. The second-order valence-corrected chi connectivity index (χ2v) is 7.14. The van der Waals surface area contributed by atoms with Crippen molar-refractivity contribution in [2.75, 3.05) is 5.32 Å². The third-order valence-corrected chi connectivity index (χ3v) is 4.49. The van der Waals surface area contributed by atoms with E-state index >= 15 is 0 Å². The fourth-order valence-corrected chi connectivity index (χ4v) is 2.93. The lowest BCUT2D eigenvalue weighted by molar-refractivity contribution is -0.123. The molecule has 12 heteroatoms. The number of hydrogen-bond donors (Lipinski definition) is 3. The van der Waals surface area contributed by atoms with Gasteiger partial charge in [0.2, 0.25) is 10.9 Å². The van der Waals surface area contributed by atoms with Crippen molar-refractivity contribution < 1.29 is 32.0 Å². The van der Waals surface area contributed by atoms with E-state index in [0.717, 1.165) is 23.5 Å². The molecule has 2 rings (SSSR count). The highest BCUT2D eigenvalue weighted by Gasteiger charge is 2.24. The molecule has 1 unspecified atom stereocenters. The van der Waals surface area contributed by atoms with Gasteiger partial charge in [-0.1, -0.05) is 0 Å². The molecule has 0 bridgehead atoms. The number of carbonyl (C=O) groups excluding carboxylic acids is 3. The minimum Gasteiger partial charge on any atom is -0.447 e. The second-order valence-electron chi connectivity index (χ2n) is 4.73. The summed E-state index contributed by atoms with van der Waals surface area (Å²) in [6, 6.07) is 3.48. The van der Waals surface area contributed by atoms with Crippen LogP contribution < -0.4 is 16.2 Å². The van der Waals surface area contributed by atoms with Crippen molar-refractivity contribution in [2.45, 2.75) is 18.1 Å². The molecule has 134 valence electrons. The maximum atomic E-state index is 12.0. The number of nitrogens with two attached hydrogens (primary N) is 2. The number of anilines is 1. The molecule has 0 aliphatic carbocycles. The van der Waals surface area contributed by atoms with Gasteiger partial charge in [-0.05, 0) is 30.5 Å². The molecule has 2 heterocycles. The van der Waals surface area contributed by atoms with Crippen molar-refractivity contribution in [3.05, 3.63) is 34.9 Å². The molecular weight excluding hydrogens is 374 g/mol. The highest BCUT2D eigenvalue weighted by molar-refractivity contribution is 7.89. The molecule has 0 fully saturated rings. The lowest BCUT2D eigenvalue weighted by atomic mass is 10.3. The molecule has 1 atom stereocenters. The third-order valence-electron chi connectivity index (χ3n) is 2.88. The largest absolute Gasteiger partial charge is 0.447 e. The quantitative estimate of drug-likeness (QED) is 0.597. The summed E-state index contributed by atoms with van der Waals surface area (Å²) in [5, 5.41) is 8.44. The number of primary amides is 1. The predicted molar refractivity (Wildman–Crippen MR) is 86.4 cm³/mol. The number of amides is 2. The molecule has 0 aliphatic heterocycles. The van der Waals surface area contributed by atoms with E-state index in [4.69, 9.17) is 20.0 Å². The zero-order valence-corrected chi connectivity index (χ0v) is 14.3. The van der Waals surface area contributed by atoms with Gasteiger partial charge in [0.25, 0.3) is 21.8 Å². The van der Waals surface area contributed by atoms with Gasteiger partial charge in [-0.3, -0.25) is 9.59 Å². The Kier molecular flexibility index (Phi) is 5.25. The van der Waals surface area contributed by atoms with E-state index in [9.17, 15) is 22.8 Å². The molecule has 0 saturated heterocycles. The zero-order chi connectivity index (χ0) is 18.8. The van der Waals surface area contributed by atoms with Crippen molar-refractivity contribution in [1.82, 2.24) is 0 Å². The monoisotopic (exact) mass is 387 g/mol. The summed E-state index contributed by atoms with van der Waals surface area (Å²) in [4.78, 5) is 35.1. The van der Waals surface area contributed by atoms with Crippen LogP contribution in [0.3, 0.4) is 0 Å². The Morgan fingerprint density at radius 1 is 1.28 bits per heavy atom. The predicted octanol–water partition coefficient (Wildman–Crippen LogP) is 0.271. The molecule has 2 amide bonds. The Hall–Kier alpha value is -2.70. The fourth-order valence-electron chi connectivity index (χ4n) is 1.67. The highest BCUT2D eigenvalue weighted by atomic mass is 32.2. The first kappa shape index (κ1) is 18.6. The van der Waals surface area contributed by atoms with Crippen LogP contribution in [0.2, 0.25) is 0 Å². The lowest BCUT2D eigenvalue weighted by Crippen LogP contribution is -2.30. The van der Waals surface area contributed by atoms with Gasteiger partial charge in [0, 0.05) is 0 Å². The Morgan fingerprint density at radius 3 is 2.52 bits per heavy atom. The van der Waals surface area contributed by atoms with E-state index < -0.39 is 44.8 Å². The first-order chi connectivity index (χ1) is 11.6. The molecular formula is C13H13N3O7S2. The summed E-state index contributed by atoms with van der Waals surface area (Å²) in [7, 11) is -4.10. The average molecular weight is 387 g/mol. The summed E-state index contributed by atoms with van der Waals surface area (Å²) in [6.07, 6.45) is -1.25. The van der Waals surface area contributed by atoms with Gasteiger partial charge in [0.15, 0.2) is 6.10 Å². The van der Waals surface area contributed by atoms with Crippen LogP contribution in [-0.4, -0.2) is 32.3 Å². The molecule has 2 aromatic heterocycles. The molecule has 0 spiro atoms. The molecule has 10 nitrogen and oxygen atoms in total. The second kappa shape index (κ2) is 7.04. The molecule has 0 radical (unpaired) electrons. The van der Waals surface area contributed by atoms with E-state index in [1.54, 1.807) is 5.38 Å². The van der Waals surface area contributed by atoms with Gasteiger partial charge < -0.3 is 20.2 Å². The maximum Gasteiger partial charge on any atom is 0.375 e. The van der Waals surface area contributed by atoms with E-state index in [1.807, 2.05) is 0 Å². The van der Waals surface area contributed by atoms with Gasteiger partial charge in [0.1, 0.15) is 5.00 Å². The van der Waals surface area contributed by atoms with Crippen LogP contribution in [0.1, 0.15) is 27.8 Å². The minimum atomic E-state index is -4.10. The van der Waals surface area contributed by atoms with Crippen LogP contribution in [0.4, 0.5) is 5.00 Å². The number of ether oxygens (including phenoxy) is 1. The summed E-state index contributed by atoms with van der Waals surface area (Å²) in [6.45, 7) is 1.29. The van der Waals surface area contributed by atoms with E-state index in [1.165, 1.54) is 13.0 Å². The normalized spacial score (nSPS) is 12.4. The lowest BCUT2D eigenvalue weighted by Gasteiger charge is -2.12. The standard InChI is InChI=1S/C13H13N3O7S2/c1-6(11(18)16-12-7(10(14)17)4-5-24-12)22-13(19)8-2-3-9(23-8)25(15,20)21/h2-6H,1H3,(H2,14,17)(H,16,18)(H2,15,20,21). The summed E-state index contributed by atoms with van der Waals surface area (Å²) < 4.78 is 31.8. The maximum absolute atomic E-state index is 12.0. The number of rotatable bonds is 6. The van der Waals surface area contributed by atoms with Gasteiger partial charge >= 0.3 is 5.97 Å². The first-order valence-corrected chi connectivity index (χ1v) is 9.04. The SMILES string of the molecule is CC(OC(=O)c1ccc(S(N)(=O)=O)o1)C(=O)Nc1sccc1C(N)=O. The number of primary sulfonamides is 1. The topological polar surface area (TPSA) is 172 Å². The molecule has 5 N–H and O–H groups in total. The van der Waals surface area contributed by atoms with E-state index in [-0.39, 0.29) is 10.6 Å². The fraction of sp³-hybridized carbons (Fsp3) is 0.154. The van der Waals surface area contributed by atoms with Gasteiger partial charge in [-0.25, -0.2) is 18.4 Å². The Labute approximate surface area is 145 Å². The van der Waals surface area contributed by atoms with Crippen molar-refractivity contribution in [1.29, 1.82) is 0 Å². The number of nitrogens with one attached hydrogen (secondary N) is 1. The Balaban J connectivity index is 2.03. The van der Waals surface area contributed by atoms with Crippen LogP contribution in [0, 0.1) is 0 Å². The van der Waals surface area contributed by atoms with Crippen LogP contribution in [0.15, 0.2) is 33.1 Å².